The van der Waals surface area contributed by atoms with Gasteiger partial charge in [-0.1, -0.05) is 0 Å². The smallest absolute Gasteiger partial charge is 0.165 e. The first-order chi connectivity index (χ1) is 9.01. The van der Waals surface area contributed by atoms with Crippen molar-refractivity contribution >= 4 is 5.84 Å². The van der Waals surface area contributed by atoms with Gasteiger partial charge in [0.1, 0.15) is 11.6 Å². The summed E-state index contributed by atoms with van der Waals surface area (Å²) in [6, 6.07) is 1.77. The summed E-state index contributed by atoms with van der Waals surface area (Å²) < 4.78 is 7.54. The number of nitrogens with two attached hydrogens (primary N) is 1. The summed E-state index contributed by atoms with van der Waals surface area (Å²) in [5.41, 5.74) is 7.62. The normalized spacial score (nSPS) is 10.5. The molecule has 0 radical (unpaired) electrons. The van der Waals surface area contributed by atoms with Gasteiger partial charge in [-0.2, -0.15) is 5.10 Å². The van der Waals surface area contributed by atoms with Gasteiger partial charge in [0, 0.05) is 18.3 Å². The first kappa shape index (κ1) is 13.1. The predicted octanol–water partition coefficient (Wildman–Crippen LogP) is 1.99. The molecule has 0 fully saturated rings. The molecule has 0 bridgehead atoms. The third-order valence-electron chi connectivity index (χ3n) is 2.72. The van der Waals surface area contributed by atoms with Crippen molar-refractivity contribution in [2.24, 2.45) is 5.73 Å². The Morgan fingerprint density at radius 2 is 2.21 bits per heavy atom. The molecular weight excluding hydrogens is 242 g/mol. The minimum atomic E-state index is -0.0529. The maximum absolute atomic E-state index is 7.63. The summed E-state index contributed by atoms with van der Waals surface area (Å²) >= 11 is 0. The van der Waals surface area contributed by atoms with E-state index in [4.69, 9.17) is 15.9 Å². The standard InChI is InChI=1S/C13H17N5O/c1-4-18-7-10(6-16-18)19-11-5-8(2)17-9(3)12(11)13(14)15/h5-7H,4H2,1-3H3,(H3,14,15). The van der Waals surface area contributed by atoms with Crippen LogP contribution in [0.2, 0.25) is 0 Å². The van der Waals surface area contributed by atoms with Gasteiger partial charge in [-0.3, -0.25) is 15.1 Å². The largest absolute Gasteiger partial charge is 0.453 e. The average molecular weight is 259 g/mol. The van der Waals surface area contributed by atoms with Gasteiger partial charge >= 0.3 is 0 Å². The van der Waals surface area contributed by atoms with Crippen LogP contribution in [0.1, 0.15) is 23.9 Å². The van der Waals surface area contributed by atoms with Crippen LogP contribution in [0.5, 0.6) is 11.5 Å². The number of nitrogen functional groups attached to an aromatic ring is 1. The van der Waals surface area contributed by atoms with Crippen molar-refractivity contribution in [2.45, 2.75) is 27.3 Å². The molecular formula is C13H17N5O. The molecule has 0 aromatic carbocycles. The molecule has 0 unspecified atom stereocenters. The Bertz CT molecular complexity index is 617. The van der Waals surface area contributed by atoms with Crippen molar-refractivity contribution in [3.8, 4) is 11.5 Å². The van der Waals surface area contributed by atoms with Crippen LogP contribution in [0.15, 0.2) is 18.5 Å². The number of hydrogen-bond donors (Lipinski definition) is 2. The van der Waals surface area contributed by atoms with Crippen LogP contribution in [-0.4, -0.2) is 20.6 Å². The lowest BCUT2D eigenvalue weighted by Crippen LogP contribution is -2.15. The van der Waals surface area contributed by atoms with Crippen molar-refractivity contribution in [1.29, 1.82) is 5.41 Å². The van der Waals surface area contributed by atoms with Gasteiger partial charge < -0.3 is 10.5 Å². The van der Waals surface area contributed by atoms with Crippen LogP contribution < -0.4 is 10.5 Å². The van der Waals surface area contributed by atoms with E-state index in [0.717, 1.165) is 12.2 Å². The molecule has 0 aliphatic heterocycles. The number of aromatic nitrogens is 3. The Hall–Kier alpha value is -2.37. The molecule has 0 atom stereocenters. The van der Waals surface area contributed by atoms with E-state index in [-0.39, 0.29) is 5.84 Å². The molecule has 19 heavy (non-hydrogen) atoms. The highest BCUT2D eigenvalue weighted by atomic mass is 16.5. The van der Waals surface area contributed by atoms with Crippen molar-refractivity contribution in [3.05, 3.63) is 35.4 Å². The average Bonchev–Trinajstić information content (AvgIpc) is 2.75. The highest BCUT2D eigenvalue weighted by Crippen LogP contribution is 2.27. The van der Waals surface area contributed by atoms with E-state index in [9.17, 15) is 0 Å². The molecule has 100 valence electrons. The Morgan fingerprint density at radius 3 is 2.79 bits per heavy atom. The fourth-order valence-electron chi connectivity index (χ4n) is 1.90. The van der Waals surface area contributed by atoms with Crippen LogP contribution in [-0.2, 0) is 6.54 Å². The number of ether oxygens (including phenoxy) is 1. The fourth-order valence-corrected chi connectivity index (χ4v) is 1.90. The lowest BCUT2D eigenvalue weighted by atomic mass is 10.1. The molecule has 2 heterocycles. The summed E-state index contributed by atoms with van der Waals surface area (Å²) in [6.07, 6.45) is 3.44. The van der Waals surface area contributed by atoms with Crippen LogP contribution in [0.4, 0.5) is 0 Å². The first-order valence-electron chi connectivity index (χ1n) is 6.04. The monoisotopic (exact) mass is 259 g/mol. The topological polar surface area (TPSA) is 89.8 Å². The Kier molecular flexibility index (Phi) is 3.50. The van der Waals surface area contributed by atoms with Crippen LogP contribution >= 0.6 is 0 Å². The Morgan fingerprint density at radius 1 is 1.47 bits per heavy atom. The first-order valence-corrected chi connectivity index (χ1v) is 6.04. The molecule has 3 N–H and O–H groups in total. The highest BCUT2D eigenvalue weighted by Gasteiger charge is 2.14. The van der Waals surface area contributed by atoms with E-state index >= 15 is 0 Å². The van der Waals surface area contributed by atoms with Gasteiger partial charge in [-0.05, 0) is 20.8 Å². The van der Waals surface area contributed by atoms with E-state index in [1.807, 2.05) is 20.8 Å². The van der Waals surface area contributed by atoms with Crippen molar-refractivity contribution in [2.75, 3.05) is 0 Å². The maximum Gasteiger partial charge on any atom is 0.165 e. The van der Waals surface area contributed by atoms with Crippen molar-refractivity contribution in [3.63, 3.8) is 0 Å². The molecule has 0 saturated carbocycles. The zero-order valence-corrected chi connectivity index (χ0v) is 11.3. The molecule has 2 aromatic rings. The minimum absolute atomic E-state index is 0.0529. The van der Waals surface area contributed by atoms with Gasteiger partial charge in [0.25, 0.3) is 0 Å². The van der Waals surface area contributed by atoms with E-state index in [2.05, 4.69) is 10.1 Å². The minimum Gasteiger partial charge on any atom is -0.453 e. The van der Waals surface area contributed by atoms with Crippen LogP contribution in [0.25, 0.3) is 0 Å². The molecule has 0 amide bonds. The molecule has 0 spiro atoms. The van der Waals surface area contributed by atoms with Gasteiger partial charge in [0.05, 0.1) is 23.7 Å². The quantitative estimate of drug-likeness (QED) is 0.649. The van der Waals surface area contributed by atoms with Gasteiger partial charge in [0.15, 0.2) is 5.75 Å². The second kappa shape index (κ2) is 5.09. The predicted molar refractivity (Wildman–Crippen MR) is 72.7 cm³/mol. The second-order valence-electron chi connectivity index (χ2n) is 4.27. The molecule has 0 saturated heterocycles. The number of hydrogen-bond acceptors (Lipinski definition) is 4. The molecule has 0 aliphatic rings. The fraction of sp³-hybridized carbons (Fsp3) is 0.308. The SMILES string of the molecule is CCn1cc(Oc2cc(C)nc(C)c2C(=N)N)cn1. The number of rotatable bonds is 4. The van der Waals surface area contributed by atoms with Crippen molar-refractivity contribution in [1.82, 2.24) is 14.8 Å². The molecule has 2 aromatic heterocycles. The van der Waals surface area contributed by atoms with Gasteiger partial charge in [-0.25, -0.2) is 0 Å². The molecule has 6 heteroatoms. The van der Waals surface area contributed by atoms with E-state index in [1.165, 1.54) is 0 Å². The third-order valence-corrected chi connectivity index (χ3v) is 2.72. The number of nitrogens with one attached hydrogen (secondary N) is 1. The van der Waals surface area contributed by atoms with Crippen LogP contribution in [0, 0.1) is 19.3 Å². The summed E-state index contributed by atoms with van der Waals surface area (Å²) in [5.74, 6) is 1.10. The summed E-state index contributed by atoms with van der Waals surface area (Å²) in [4.78, 5) is 4.30. The van der Waals surface area contributed by atoms with Crippen LogP contribution in [0.3, 0.4) is 0 Å². The zero-order chi connectivity index (χ0) is 14.0. The molecule has 2 rings (SSSR count). The maximum atomic E-state index is 7.63. The summed E-state index contributed by atoms with van der Waals surface area (Å²) in [5, 5.41) is 11.8. The highest BCUT2D eigenvalue weighted by molar-refractivity contribution is 5.98. The number of pyridine rings is 1. The summed E-state index contributed by atoms with van der Waals surface area (Å²) in [7, 11) is 0. The molecule has 0 aliphatic carbocycles. The van der Waals surface area contributed by atoms with Gasteiger partial charge in [-0.15, -0.1) is 0 Å². The number of nitrogens with zero attached hydrogens (tertiary/aromatic N) is 3. The van der Waals surface area contributed by atoms with Gasteiger partial charge in [0.2, 0.25) is 0 Å². The summed E-state index contributed by atoms with van der Waals surface area (Å²) in [6.45, 7) is 6.46. The lowest BCUT2D eigenvalue weighted by Gasteiger charge is -2.11. The second-order valence-corrected chi connectivity index (χ2v) is 4.27. The van der Waals surface area contributed by atoms with E-state index < -0.39 is 0 Å². The number of amidine groups is 1. The zero-order valence-electron chi connectivity index (χ0n) is 11.3. The van der Waals surface area contributed by atoms with Crippen molar-refractivity contribution < 1.29 is 4.74 Å². The lowest BCUT2D eigenvalue weighted by molar-refractivity contribution is 0.478. The Labute approximate surface area is 111 Å². The molecule has 6 nitrogen and oxygen atoms in total. The number of aryl methyl sites for hydroxylation is 3. The Balaban J connectivity index is 2.40. The van der Waals surface area contributed by atoms with E-state index in [0.29, 0.717) is 22.8 Å². The van der Waals surface area contributed by atoms with E-state index in [1.54, 1.807) is 23.1 Å². The third kappa shape index (κ3) is 2.73.